The average Bonchev–Trinajstić information content (AvgIpc) is 3.49. The van der Waals surface area contributed by atoms with Crippen LogP contribution in [0, 0.1) is 0 Å². The molecule has 0 unspecified atom stereocenters. The van der Waals surface area contributed by atoms with Crippen LogP contribution in [0.15, 0.2) is 65.8 Å². The monoisotopic (exact) mass is 574 g/mol. The van der Waals surface area contributed by atoms with Crippen LogP contribution >= 0.6 is 24.0 Å². The number of hydrogen-bond acceptors (Lipinski definition) is 4. The first-order valence-corrected chi connectivity index (χ1v) is 11.3. The van der Waals surface area contributed by atoms with Crippen LogP contribution in [0.2, 0.25) is 0 Å². The van der Waals surface area contributed by atoms with Gasteiger partial charge in [0.2, 0.25) is 5.91 Å². The Kier molecular flexibility index (Phi) is 9.32. The van der Waals surface area contributed by atoms with Crippen molar-refractivity contribution >= 4 is 47.2 Å². The zero-order chi connectivity index (χ0) is 23.0. The average molecular weight is 574 g/mol. The molecule has 1 amide bonds. The van der Waals surface area contributed by atoms with Gasteiger partial charge in [0.25, 0.3) is 0 Å². The number of H-pyrrole nitrogens is 1. The van der Waals surface area contributed by atoms with E-state index in [4.69, 9.17) is 9.73 Å². The summed E-state index contributed by atoms with van der Waals surface area (Å²) in [6.45, 7) is 5.87. The first kappa shape index (κ1) is 25.5. The summed E-state index contributed by atoms with van der Waals surface area (Å²) in [4.78, 5) is 18.6. The van der Waals surface area contributed by atoms with Crippen LogP contribution in [0.4, 0.5) is 11.4 Å². The Morgan fingerprint density at radius 2 is 1.91 bits per heavy atom. The van der Waals surface area contributed by atoms with E-state index in [1.54, 1.807) is 6.20 Å². The summed E-state index contributed by atoms with van der Waals surface area (Å²) in [5.41, 5.74) is 3.88. The number of aromatic nitrogens is 2. The maximum Gasteiger partial charge on any atom is 0.227 e. The first-order chi connectivity index (χ1) is 16.1. The molecule has 34 heavy (non-hydrogen) atoms. The van der Waals surface area contributed by atoms with Gasteiger partial charge in [0.15, 0.2) is 5.96 Å². The third kappa shape index (κ3) is 7.21. The van der Waals surface area contributed by atoms with E-state index in [0.29, 0.717) is 25.5 Å². The zero-order valence-corrected chi connectivity index (χ0v) is 21.8. The number of rotatable bonds is 8. The molecule has 0 spiro atoms. The summed E-state index contributed by atoms with van der Waals surface area (Å²) in [5, 5.41) is 13.6. The molecule has 1 fully saturated rings. The lowest BCUT2D eigenvalue weighted by atomic mass is 10.2. The molecule has 1 aromatic heterocycles. The van der Waals surface area contributed by atoms with Gasteiger partial charge in [-0.05, 0) is 68.3 Å². The molecule has 0 saturated carbocycles. The standard InChI is InChI=1S/C25H30N6O2.HI/c1-18(2)33-23-11-7-20(8-12-23)29-25(27-17-21-13-14-28-30-21)26-16-19-5-9-22(10-6-19)31-15-3-4-24(31)32;/h5-14,18H,3-4,15-17H2,1-2H3,(H,28,30)(H2,26,27,29);1H. The molecule has 1 aliphatic heterocycles. The number of nitrogens with one attached hydrogen (secondary N) is 3. The molecule has 0 atom stereocenters. The second kappa shape index (κ2) is 12.4. The van der Waals surface area contributed by atoms with Gasteiger partial charge in [-0.3, -0.25) is 9.89 Å². The maximum atomic E-state index is 12.0. The number of carbonyl (C=O) groups excluding carboxylic acids is 1. The minimum absolute atomic E-state index is 0. The van der Waals surface area contributed by atoms with Crippen molar-refractivity contribution in [3.63, 3.8) is 0 Å². The molecule has 3 N–H and O–H groups in total. The van der Waals surface area contributed by atoms with E-state index in [-0.39, 0.29) is 36.0 Å². The maximum absolute atomic E-state index is 12.0. The molecule has 8 nitrogen and oxygen atoms in total. The predicted molar refractivity (Wildman–Crippen MR) is 146 cm³/mol. The molecule has 3 aromatic rings. The van der Waals surface area contributed by atoms with Crippen LogP contribution in [-0.4, -0.2) is 34.7 Å². The third-order valence-corrected chi connectivity index (χ3v) is 5.23. The van der Waals surface area contributed by atoms with Gasteiger partial charge in [0.05, 0.1) is 24.9 Å². The topological polar surface area (TPSA) is 94.6 Å². The van der Waals surface area contributed by atoms with Gasteiger partial charge in [-0.25, -0.2) is 4.99 Å². The number of nitrogens with zero attached hydrogens (tertiary/aromatic N) is 3. The van der Waals surface area contributed by atoms with Crippen molar-refractivity contribution in [2.45, 2.75) is 45.9 Å². The molecule has 2 aromatic carbocycles. The van der Waals surface area contributed by atoms with Gasteiger partial charge in [-0.2, -0.15) is 5.10 Å². The lowest BCUT2D eigenvalue weighted by Gasteiger charge is -2.16. The Balaban J connectivity index is 0.00000324. The van der Waals surface area contributed by atoms with Crippen LogP contribution in [0.3, 0.4) is 0 Å². The molecule has 1 saturated heterocycles. The lowest BCUT2D eigenvalue weighted by Crippen LogP contribution is -2.30. The molecule has 4 rings (SSSR count). The van der Waals surface area contributed by atoms with E-state index < -0.39 is 0 Å². The van der Waals surface area contributed by atoms with E-state index in [1.165, 1.54) is 0 Å². The molecular weight excluding hydrogens is 543 g/mol. The number of halogens is 1. The Hall–Kier alpha value is -3.08. The molecule has 180 valence electrons. The van der Waals surface area contributed by atoms with Gasteiger partial charge in [-0.15, -0.1) is 24.0 Å². The lowest BCUT2D eigenvalue weighted by molar-refractivity contribution is -0.117. The fourth-order valence-corrected chi connectivity index (χ4v) is 3.60. The van der Waals surface area contributed by atoms with Crippen molar-refractivity contribution in [3.05, 3.63) is 72.1 Å². The van der Waals surface area contributed by atoms with E-state index >= 15 is 0 Å². The van der Waals surface area contributed by atoms with Crippen molar-refractivity contribution in [1.29, 1.82) is 0 Å². The van der Waals surface area contributed by atoms with Gasteiger partial charge in [0.1, 0.15) is 5.75 Å². The van der Waals surface area contributed by atoms with Crippen LogP contribution in [0.1, 0.15) is 37.9 Å². The number of ether oxygens (including phenoxy) is 1. The Morgan fingerprint density at radius 3 is 2.53 bits per heavy atom. The fourth-order valence-electron chi connectivity index (χ4n) is 3.60. The number of anilines is 2. The third-order valence-electron chi connectivity index (χ3n) is 5.23. The highest BCUT2D eigenvalue weighted by molar-refractivity contribution is 14.0. The quantitative estimate of drug-likeness (QED) is 0.206. The van der Waals surface area contributed by atoms with Crippen molar-refractivity contribution in [3.8, 4) is 5.75 Å². The molecular formula is C25H31IN6O2. The fraction of sp³-hybridized carbons (Fsp3) is 0.320. The van der Waals surface area contributed by atoms with Crippen molar-refractivity contribution in [2.75, 3.05) is 16.8 Å². The summed E-state index contributed by atoms with van der Waals surface area (Å²) in [6, 6.07) is 17.8. The second-order valence-corrected chi connectivity index (χ2v) is 8.23. The number of hydrogen-bond donors (Lipinski definition) is 3. The minimum atomic E-state index is 0. The summed E-state index contributed by atoms with van der Waals surface area (Å²) in [5.74, 6) is 1.68. The first-order valence-electron chi connectivity index (χ1n) is 11.3. The highest BCUT2D eigenvalue weighted by Gasteiger charge is 2.21. The Bertz CT molecular complexity index is 1070. The van der Waals surface area contributed by atoms with Crippen LogP contribution in [0.5, 0.6) is 5.75 Å². The summed E-state index contributed by atoms with van der Waals surface area (Å²) in [6.07, 6.45) is 3.41. The molecule has 0 bridgehead atoms. The Labute approximate surface area is 217 Å². The van der Waals surface area contributed by atoms with Crippen molar-refractivity contribution < 1.29 is 9.53 Å². The minimum Gasteiger partial charge on any atom is -0.491 e. The summed E-state index contributed by atoms with van der Waals surface area (Å²) < 4.78 is 5.72. The molecule has 0 aliphatic carbocycles. The van der Waals surface area contributed by atoms with Crippen molar-refractivity contribution in [1.82, 2.24) is 15.5 Å². The van der Waals surface area contributed by atoms with Gasteiger partial charge in [0, 0.05) is 30.5 Å². The number of aromatic amines is 1. The number of amides is 1. The largest absolute Gasteiger partial charge is 0.491 e. The molecule has 9 heteroatoms. The predicted octanol–water partition coefficient (Wildman–Crippen LogP) is 4.70. The highest BCUT2D eigenvalue weighted by atomic mass is 127. The SMILES string of the molecule is CC(C)Oc1ccc(NC(=NCc2ccc(N3CCCC3=O)cc2)NCc2ccn[nH]2)cc1.I. The molecule has 2 heterocycles. The molecule has 0 radical (unpaired) electrons. The molecule has 1 aliphatic rings. The Morgan fingerprint density at radius 1 is 1.15 bits per heavy atom. The number of benzene rings is 2. The van der Waals surface area contributed by atoms with E-state index in [9.17, 15) is 4.79 Å². The van der Waals surface area contributed by atoms with Crippen LogP contribution in [0.25, 0.3) is 0 Å². The number of carbonyl (C=O) groups is 1. The zero-order valence-electron chi connectivity index (χ0n) is 19.5. The summed E-state index contributed by atoms with van der Waals surface area (Å²) in [7, 11) is 0. The van der Waals surface area contributed by atoms with Crippen molar-refractivity contribution in [2.24, 2.45) is 4.99 Å². The number of aliphatic imine (C=N–C) groups is 1. The van der Waals surface area contributed by atoms with Gasteiger partial charge < -0.3 is 20.3 Å². The van der Waals surface area contributed by atoms with E-state index in [2.05, 4.69) is 20.8 Å². The number of guanidine groups is 1. The van der Waals surface area contributed by atoms with Gasteiger partial charge >= 0.3 is 0 Å². The van der Waals surface area contributed by atoms with Gasteiger partial charge in [-0.1, -0.05) is 12.1 Å². The normalized spacial score (nSPS) is 13.7. The summed E-state index contributed by atoms with van der Waals surface area (Å²) >= 11 is 0. The van der Waals surface area contributed by atoms with E-state index in [0.717, 1.165) is 41.3 Å². The van der Waals surface area contributed by atoms with E-state index in [1.807, 2.05) is 73.3 Å². The smallest absolute Gasteiger partial charge is 0.227 e. The second-order valence-electron chi connectivity index (χ2n) is 8.23. The highest BCUT2D eigenvalue weighted by Crippen LogP contribution is 2.22. The van der Waals surface area contributed by atoms with Crippen LogP contribution in [-0.2, 0) is 17.9 Å². The van der Waals surface area contributed by atoms with Crippen LogP contribution < -0.4 is 20.3 Å².